The zero-order valence-electron chi connectivity index (χ0n) is 13.1. The van der Waals surface area contributed by atoms with Gasteiger partial charge < -0.3 is 9.84 Å². The molecule has 1 saturated heterocycles. The fourth-order valence-corrected chi connectivity index (χ4v) is 2.67. The van der Waals surface area contributed by atoms with Crippen molar-refractivity contribution in [3.05, 3.63) is 0 Å². The van der Waals surface area contributed by atoms with E-state index in [2.05, 4.69) is 13.8 Å². The van der Waals surface area contributed by atoms with Crippen LogP contribution in [0.2, 0.25) is 0 Å². The predicted molar refractivity (Wildman–Crippen MR) is 81.3 cm³/mol. The second kappa shape index (κ2) is 10.7. The molecule has 0 radical (unpaired) electrons. The quantitative estimate of drug-likeness (QED) is 0.393. The van der Waals surface area contributed by atoms with Gasteiger partial charge in [-0.15, -0.1) is 0 Å². The number of hydrogen-bond donors (Lipinski definition) is 1. The first-order chi connectivity index (χ1) is 9.22. The van der Waals surface area contributed by atoms with Crippen LogP contribution in [-0.2, 0) is 4.74 Å². The Morgan fingerprint density at radius 2 is 1.42 bits per heavy atom. The Morgan fingerprint density at radius 1 is 0.895 bits per heavy atom. The van der Waals surface area contributed by atoms with Crippen molar-refractivity contribution in [2.24, 2.45) is 11.8 Å². The van der Waals surface area contributed by atoms with Gasteiger partial charge in [-0.25, -0.2) is 0 Å². The standard InChI is InChI=1S/C17H34O2/c1-15(9-5-3-7-11-16(2)13-18)10-6-4-8-12-17-14-19-17/h15-18H,3-14H2,1-2H3. The van der Waals surface area contributed by atoms with E-state index in [0.717, 1.165) is 12.5 Å². The fourth-order valence-electron chi connectivity index (χ4n) is 2.67. The van der Waals surface area contributed by atoms with Crippen LogP contribution in [0, 0.1) is 11.8 Å². The van der Waals surface area contributed by atoms with Crippen molar-refractivity contribution < 1.29 is 9.84 Å². The van der Waals surface area contributed by atoms with E-state index in [4.69, 9.17) is 9.84 Å². The van der Waals surface area contributed by atoms with Crippen LogP contribution in [0.25, 0.3) is 0 Å². The third-order valence-electron chi connectivity index (χ3n) is 4.33. The lowest BCUT2D eigenvalue weighted by Gasteiger charge is -2.11. The summed E-state index contributed by atoms with van der Waals surface area (Å²) in [6, 6.07) is 0. The van der Waals surface area contributed by atoms with E-state index in [0.29, 0.717) is 18.6 Å². The molecule has 0 aromatic heterocycles. The minimum absolute atomic E-state index is 0.350. The molecule has 1 rings (SSSR count). The van der Waals surface area contributed by atoms with Crippen LogP contribution in [0.1, 0.15) is 78.1 Å². The zero-order chi connectivity index (χ0) is 13.9. The number of epoxide rings is 1. The van der Waals surface area contributed by atoms with E-state index >= 15 is 0 Å². The van der Waals surface area contributed by atoms with Gasteiger partial charge in [0.1, 0.15) is 0 Å². The van der Waals surface area contributed by atoms with Crippen molar-refractivity contribution in [2.75, 3.05) is 13.2 Å². The van der Waals surface area contributed by atoms with Crippen LogP contribution in [0.15, 0.2) is 0 Å². The highest BCUT2D eigenvalue weighted by Gasteiger charge is 2.20. The highest BCUT2D eigenvalue weighted by atomic mass is 16.6. The molecule has 1 fully saturated rings. The first kappa shape index (κ1) is 17.0. The van der Waals surface area contributed by atoms with Crippen molar-refractivity contribution >= 4 is 0 Å². The van der Waals surface area contributed by atoms with E-state index in [9.17, 15) is 0 Å². The molecule has 2 heteroatoms. The Hall–Kier alpha value is -0.0800. The molecule has 114 valence electrons. The average molecular weight is 270 g/mol. The lowest BCUT2D eigenvalue weighted by molar-refractivity contribution is 0.227. The number of hydrogen-bond acceptors (Lipinski definition) is 2. The Bertz CT molecular complexity index is 201. The van der Waals surface area contributed by atoms with Gasteiger partial charge in [0.05, 0.1) is 12.7 Å². The van der Waals surface area contributed by atoms with Gasteiger partial charge >= 0.3 is 0 Å². The van der Waals surface area contributed by atoms with Crippen LogP contribution >= 0.6 is 0 Å². The van der Waals surface area contributed by atoms with E-state index in [1.165, 1.54) is 64.2 Å². The maximum Gasteiger partial charge on any atom is 0.0810 e. The summed E-state index contributed by atoms with van der Waals surface area (Å²) in [6.07, 6.45) is 14.0. The Labute approximate surface area is 119 Å². The van der Waals surface area contributed by atoms with E-state index < -0.39 is 0 Å². The van der Waals surface area contributed by atoms with Crippen LogP contribution in [0.3, 0.4) is 0 Å². The smallest absolute Gasteiger partial charge is 0.0810 e. The molecule has 1 N–H and O–H groups in total. The molecule has 19 heavy (non-hydrogen) atoms. The number of aliphatic hydroxyl groups is 1. The van der Waals surface area contributed by atoms with Crippen LogP contribution in [0.4, 0.5) is 0 Å². The molecular weight excluding hydrogens is 236 g/mol. The van der Waals surface area contributed by atoms with Crippen LogP contribution in [0.5, 0.6) is 0 Å². The Kier molecular flexibility index (Phi) is 9.54. The molecule has 2 nitrogen and oxygen atoms in total. The molecule has 0 aliphatic carbocycles. The molecule has 0 spiro atoms. The first-order valence-corrected chi connectivity index (χ1v) is 8.44. The zero-order valence-corrected chi connectivity index (χ0v) is 13.1. The van der Waals surface area contributed by atoms with Gasteiger partial charge in [0, 0.05) is 6.61 Å². The Balaban J connectivity index is 1.77. The van der Waals surface area contributed by atoms with Gasteiger partial charge in [0.15, 0.2) is 0 Å². The molecule has 1 aliphatic rings. The average Bonchev–Trinajstić information content (AvgIpc) is 3.21. The van der Waals surface area contributed by atoms with Gasteiger partial charge in [-0.2, -0.15) is 0 Å². The lowest BCUT2D eigenvalue weighted by atomic mass is 9.95. The molecule has 0 bridgehead atoms. The normalized spacial score (nSPS) is 21.3. The van der Waals surface area contributed by atoms with Crippen molar-refractivity contribution in [3.8, 4) is 0 Å². The highest BCUT2D eigenvalue weighted by Crippen LogP contribution is 2.21. The van der Waals surface area contributed by atoms with Crippen molar-refractivity contribution in [3.63, 3.8) is 0 Å². The van der Waals surface area contributed by atoms with Gasteiger partial charge in [0.2, 0.25) is 0 Å². The van der Waals surface area contributed by atoms with Crippen molar-refractivity contribution in [2.45, 2.75) is 84.2 Å². The molecule has 0 aromatic carbocycles. The highest BCUT2D eigenvalue weighted by molar-refractivity contribution is 4.68. The van der Waals surface area contributed by atoms with E-state index in [1.807, 2.05) is 0 Å². The summed E-state index contributed by atoms with van der Waals surface area (Å²) in [5.41, 5.74) is 0. The summed E-state index contributed by atoms with van der Waals surface area (Å²) in [4.78, 5) is 0. The summed E-state index contributed by atoms with van der Waals surface area (Å²) >= 11 is 0. The van der Waals surface area contributed by atoms with Gasteiger partial charge in [-0.1, -0.05) is 65.2 Å². The summed E-state index contributed by atoms with van der Waals surface area (Å²) in [7, 11) is 0. The minimum Gasteiger partial charge on any atom is -0.396 e. The molecule has 3 unspecified atom stereocenters. The monoisotopic (exact) mass is 270 g/mol. The third kappa shape index (κ3) is 10.4. The molecule has 1 heterocycles. The second-order valence-corrected chi connectivity index (χ2v) is 6.62. The van der Waals surface area contributed by atoms with Crippen molar-refractivity contribution in [1.29, 1.82) is 0 Å². The van der Waals surface area contributed by atoms with Crippen molar-refractivity contribution in [1.82, 2.24) is 0 Å². The van der Waals surface area contributed by atoms with Gasteiger partial charge in [-0.3, -0.25) is 0 Å². The largest absolute Gasteiger partial charge is 0.396 e. The van der Waals surface area contributed by atoms with Crippen LogP contribution in [-0.4, -0.2) is 24.4 Å². The fraction of sp³-hybridized carbons (Fsp3) is 1.00. The second-order valence-electron chi connectivity index (χ2n) is 6.62. The molecule has 0 amide bonds. The lowest BCUT2D eigenvalue weighted by Crippen LogP contribution is -2.00. The first-order valence-electron chi connectivity index (χ1n) is 8.44. The summed E-state index contributed by atoms with van der Waals surface area (Å²) in [5, 5.41) is 8.95. The third-order valence-corrected chi connectivity index (χ3v) is 4.33. The topological polar surface area (TPSA) is 32.8 Å². The molecule has 0 saturated carbocycles. The Morgan fingerprint density at radius 3 is 1.95 bits per heavy atom. The maximum absolute atomic E-state index is 8.95. The maximum atomic E-state index is 8.95. The summed E-state index contributed by atoms with van der Waals surface area (Å²) in [5.74, 6) is 1.39. The summed E-state index contributed by atoms with van der Waals surface area (Å²) in [6.45, 7) is 5.91. The van der Waals surface area contributed by atoms with Gasteiger partial charge in [-0.05, 0) is 24.7 Å². The molecule has 1 aliphatic heterocycles. The van der Waals surface area contributed by atoms with Gasteiger partial charge in [0.25, 0.3) is 0 Å². The van der Waals surface area contributed by atoms with E-state index in [1.54, 1.807) is 0 Å². The minimum atomic E-state index is 0.350. The predicted octanol–water partition coefficient (Wildman–Crippen LogP) is 4.55. The number of unbranched alkanes of at least 4 members (excludes halogenated alkanes) is 4. The van der Waals surface area contributed by atoms with Crippen LogP contribution < -0.4 is 0 Å². The number of rotatable bonds is 13. The van der Waals surface area contributed by atoms with E-state index in [-0.39, 0.29) is 0 Å². The number of aliphatic hydroxyl groups excluding tert-OH is 1. The summed E-state index contributed by atoms with van der Waals surface area (Å²) < 4.78 is 5.22. The molecule has 0 aromatic rings. The molecular formula is C17H34O2. The molecule has 3 atom stereocenters. The number of ether oxygens (including phenoxy) is 1. The SMILES string of the molecule is CC(CO)CCCCCC(C)CCCCCC1CO1.